The van der Waals surface area contributed by atoms with Crippen LogP contribution in [0.4, 0.5) is 0 Å². The monoisotopic (exact) mass is 403 g/mol. The van der Waals surface area contributed by atoms with E-state index in [9.17, 15) is 4.79 Å². The summed E-state index contributed by atoms with van der Waals surface area (Å²) in [6.45, 7) is 3.87. The summed E-state index contributed by atoms with van der Waals surface area (Å²) < 4.78 is 0. The highest BCUT2D eigenvalue weighted by atomic mass is 32.1. The topological polar surface area (TPSA) is 36.4 Å². The quantitative estimate of drug-likeness (QED) is 0.653. The molecule has 1 aromatic carbocycles. The van der Waals surface area contributed by atoms with E-state index in [0.29, 0.717) is 17.9 Å². The zero-order valence-electron chi connectivity index (χ0n) is 16.4. The molecule has 2 aromatic heterocycles. The largest absolute Gasteiger partial charge is 0.335 e. The predicted molar refractivity (Wildman–Crippen MR) is 116 cm³/mol. The van der Waals surface area contributed by atoms with Crippen molar-refractivity contribution in [2.45, 2.75) is 24.9 Å². The molecule has 0 unspecified atom stereocenters. The van der Waals surface area contributed by atoms with Crippen molar-refractivity contribution < 1.29 is 4.79 Å². The van der Waals surface area contributed by atoms with Gasteiger partial charge in [0.15, 0.2) is 0 Å². The molecule has 3 atom stereocenters. The molecule has 4 nitrogen and oxygen atoms in total. The number of benzene rings is 1. The summed E-state index contributed by atoms with van der Waals surface area (Å²) in [6, 6.07) is 16.9. The van der Waals surface area contributed by atoms with Gasteiger partial charge in [0.25, 0.3) is 5.91 Å². The second-order valence-electron chi connectivity index (χ2n) is 8.10. The second kappa shape index (κ2) is 8.09. The zero-order chi connectivity index (χ0) is 19.6. The van der Waals surface area contributed by atoms with Gasteiger partial charge in [0.05, 0.1) is 0 Å². The van der Waals surface area contributed by atoms with E-state index < -0.39 is 0 Å². The first kappa shape index (κ1) is 18.5. The predicted octanol–water partition coefficient (Wildman–Crippen LogP) is 4.27. The van der Waals surface area contributed by atoms with Crippen molar-refractivity contribution in [1.82, 2.24) is 14.8 Å². The Kier molecular flexibility index (Phi) is 5.17. The molecule has 148 valence electrons. The van der Waals surface area contributed by atoms with Crippen molar-refractivity contribution in [3.05, 3.63) is 88.4 Å². The molecule has 3 aromatic rings. The second-order valence-corrected chi connectivity index (χ2v) is 8.88. The number of hydrogen-bond donors (Lipinski definition) is 0. The number of aromatic nitrogens is 1. The fraction of sp³-hybridized carbons (Fsp3) is 0.333. The third-order valence-corrected chi connectivity index (χ3v) is 7.12. The average molecular weight is 404 g/mol. The van der Waals surface area contributed by atoms with E-state index in [0.717, 1.165) is 38.2 Å². The molecule has 0 spiro atoms. The Morgan fingerprint density at radius 2 is 1.90 bits per heavy atom. The first-order chi connectivity index (χ1) is 14.3. The standard InChI is InChI=1S/C24H25N3OS/c28-24(19-6-10-25-11-7-19)27-16-21(20-9-13-29-17-20)22-15-26(12-8-23(22)27)14-18-4-2-1-3-5-18/h1-7,9-11,13,17,21-23H,8,12,14-16H2/t21-,22-,23-/m0/s1. The molecule has 0 aliphatic carbocycles. The van der Waals surface area contributed by atoms with Gasteiger partial charge in [-0.15, -0.1) is 0 Å². The van der Waals surface area contributed by atoms with Gasteiger partial charge in [0.1, 0.15) is 0 Å². The highest BCUT2D eigenvalue weighted by Gasteiger charge is 2.47. The molecule has 2 saturated heterocycles. The van der Waals surface area contributed by atoms with Crippen molar-refractivity contribution >= 4 is 17.2 Å². The van der Waals surface area contributed by atoms with Crippen LogP contribution in [-0.2, 0) is 6.54 Å². The molecular weight excluding hydrogens is 378 g/mol. The molecule has 5 rings (SSSR count). The van der Waals surface area contributed by atoms with E-state index in [4.69, 9.17) is 0 Å². The van der Waals surface area contributed by atoms with E-state index in [1.165, 1.54) is 11.1 Å². The van der Waals surface area contributed by atoms with Crippen LogP contribution in [0.15, 0.2) is 71.7 Å². The minimum Gasteiger partial charge on any atom is -0.335 e. The molecule has 0 saturated carbocycles. The van der Waals surface area contributed by atoms with Crippen LogP contribution in [0, 0.1) is 5.92 Å². The maximum Gasteiger partial charge on any atom is 0.254 e. The number of fused-ring (bicyclic) bond motifs is 1. The van der Waals surface area contributed by atoms with Crippen LogP contribution in [0.2, 0.25) is 0 Å². The van der Waals surface area contributed by atoms with Crippen molar-refractivity contribution in [2.24, 2.45) is 5.92 Å². The molecular formula is C24H25N3OS. The summed E-state index contributed by atoms with van der Waals surface area (Å²) >= 11 is 1.75. The van der Waals surface area contributed by atoms with Crippen LogP contribution in [0.1, 0.15) is 33.8 Å². The van der Waals surface area contributed by atoms with E-state index in [1.807, 2.05) is 12.1 Å². The average Bonchev–Trinajstić information content (AvgIpc) is 3.42. The van der Waals surface area contributed by atoms with Gasteiger partial charge in [-0.25, -0.2) is 0 Å². The van der Waals surface area contributed by atoms with Crippen LogP contribution in [-0.4, -0.2) is 46.4 Å². The molecule has 2 aliphatic heterocycles. The van der Waals surface area contributed by atoms with Crippen molar-refractivity contribution in [1.29, 1.82) is 0 Å². The SMILES string of the molecule is O=C(c1ccncc1)N1C[C@@H](c2ccsc2)[C@@H]2CN(Cc3ccccc3)CC[C@@H]21. The van der Waals surface area contributed by atoms with Crippen LogP contribution in [0.3, 0.4) is 0 Å². The Hall–Kier alpha value is -2.50. The molecule has 1 amide bonds. The third-order valence-electron chi connectivity index (χ3n) is 6.42. The molecule has 0 bridgehead atoms. The summed E-state index contributed by atoms with van der Waals surface area (Å²) in [4.78, 5) is 22.0. The number of hydrogen-bond acceptors (Lipinski definition) is 4. The lowest BCUT2D eigenvalue weighted by atomic mass is 9.82. The minimum absolute atomic E-state index is 0.150. The van der Waals surface area contributed by atoms with Gasteiger partial charge in [0, 0.05) is 62.0 Å². The highest BCUT2D eigenvalue weighted by Crippen LogP contribution is 2.42. The number of pyridine rings is 1. The van der Waals surface area contributed by atoms with Gasteiger partial charge in [-0.3, -0.25) is 14.7 Å². The lowest BCUT2D eigenvalue weighted by Crippen LogP contribution is -2.47. The normalized spacial score (nSPS) is 24.4. The molecule has 2 aliphatic rings. The van der Waals surface area contributed by atoms with Gasteiger partial charge >= 0.3 is 0 Å². The van der Waals surface area contributed by atoms with Crippen LogP contribution >= 0.6 is 11.3 Å². The number of carbonyl (C=O) groups is 1. The van der Waals surface area contributed by atoms with Crippen LogP contribution in [0.5, 0.6) is 0 Å². The summed E-state index contributed by atoms with van der Waals surface area (Å²) in [5, 5.41) is 4.42. The van der Waals surface area contributed by atoms with Gasteiger partial charge in [-0.1, -0.05) is 30.3 Å². The Morgan fingerprint density at radius 1 is 1.07 bits per heavy atom. The third kappa shape index (κ3) is 3.72. The number of amides is 1. The maximum atomic E-state index is 13.3. The van der Waals surface area contributed by atoms with Gasteiger partial charge in [-0.2, -0.15) is 11.3 Å². The van der Waals surface area contributed by atoms with Crippen LogP contribution < -0.4 is 0 Å². The van der Waals surface area contributed by atoms with Crippen molar-refractivity contribution in [2.75, 3.05) is 19.6 Å². The number of piperidine rings is 1. The summed E-state index contributed by atoms with van der Waals surface area (Å²) in [7, 11) is 0. The fourth-order valence-electron chi connectivity index (χ4n) is 5.02. The Morgan fingerprint density at radius 3 is 2.66 bits per heavy atom. The lowest BCUT2D eigenvalue weighted by molar-refractivity contribution is 0.0614. The smallest absolute Gasteiger partial charge is 0.254 e. The zero-order valence-corrected chi connectivity index (χ0v) is 17.2. The van der Waals surface area contributed by atoms with Crippen LogP contribution in [0.25, 0.3) is 0 Å². The first-order valence-electron chi connectivity index (χ1n) is 10.3. The number of rotatable bonds is 4. The van der Waals surface area contributed by atoms with E-state index in [1.54, 1.807) is 23.7 Å². The molecule has 29 heavy (non-hydrogen) atoms. The Bertz CT molecular complexity index is 945. The number of carbonyl (C=O) groups excluding carboxylic acids is 1. The number of nitrogens with zero attached hydrogens (tertiary/aromatic N) is 3. The van der Waals surface area contributed by atoms with E-state index in [-0.39, 0.29) is 5.91 Å². The summed E-state index contributed by atoms with van der Waals surface area (Å²) in [6.07, 6.45) is 4.45. The first-order valence-corrected chi connectivity index (χ1v) is 11.2. The van der Waals surface area contributed by atoms with Gasteiger partial charge in [-0.05, 0) is 46.5 Å². The molecule has 5 heteroatoms. The lowest BCUT2D eigenvalue weighted by Gasteiger charge is -2.39. The van der Waals surface area contributed by atoms with Crippen molar-refractivity contribution in [3.8, 4) is 0 Å². The highest BCUT2D eigenvalue weighted by molar-refractivity contribution is 7.08. The van der Waals surface area contributed by atoms with Gasteiger partial charge in [0.2, 0.25) is 0 Å². The van der Waals surface area contributed by atoms with E-state index >= 15 is 0 Å². The molecule has 0 N–H and O–H groups in total. The Labute approximate surface area is 175 Å². The number of thiophene rings is 1. The summed E-state index contributed by atoms with van der Waals surface area (Å²) in [5.74, 6) is 1.04. The molecule has 2 fully saturated rings. The summed E-state index contributed by atoms with van der Waals surface area (Å²) in [5.41, 5.74) is 3.49. The molecule has 4 heterocycles. The number of likely N-dealkylation sites (tertiary alicyclic amines) is 2. The van der Waals surface area contributed by atoms with E-state index in [2.05, 4.69) is 61.9 Å². The van der Waals surface area contributed by atoms with Crippen molar-refractivity contribution in [3.63, 3.8) is 0 Å². The minimum atomic E-state index is 0.150. The van der Waals surface area contributed by atoms with Gasteiger partial charge < -0.3 is 4.90 Å². The maximum absolute atomic E-state index is 13.3. The Balaban J connectivity index is 1.39. The molecule has 0 radical (unpaired) electrons. The fourth-order valence-corrected chi connectivity index (χ4v) is 5.75.